The maximum absolute atomic E-state index is 12.2. The second kappa shape index (κ2) is 6.16. The maximum atomic E-state index is 12.2. The summed E-state index contributed by atoms with van der Waals surface area (Å²) >= 11 is 3.34. The summed E-state index contributed by atoms with van der Waals surface area (Å²) in [4.78, 5) is 24.7. The third-order valence-corrected chi connectivity index (χ3v) is 3.47. The predicted molar refractivity (Wildman–Crippen MR) is 71.8 cm³/mol. The van der Waals surface area contributed by atoms with Gasteiger partial charge in [-0.05, 0) is 17.7 Å². The molecule has 1 heterocycles. The first-order valence-corrected chi connectivity index (χ1v) is 6.71. The van der Waals surface area contributed by atoms with Crippen LogP contribution in [0.5, 0.6) is 0 Å². The standard InChI is InChI=1S/C13H14BrNO4/c14-10-3-1-2-9(6-10)7-12(16)15-4-5-19-8-11(15)13(17)18/h1-3,6,11H,4-5,7-8H2,(H,17,18). The molecule has 1 aliphatic rings. The fourth-order valence-corrected chi connectivity index (χ4v) is 2.48. The van der Waals surface area contributed by atoms with E-state index in [1.54, 1.807) is 0 Å². The highest BCUT2D eigenvalue weighted by molar-refractivity contribution is 9.10. The molecule has 0 aliphatic carbocycles. The van der Waals surface area contributed by atoms with Gasteiger partial charge < -0.3 is 14.7 Å². The van der Waals surface area contributed by atoms with Crippen LogP contribution in [0.4, 0.5) is 0 Å². The summed E-state index contributed by atoms with van der Waals surface area (Å²) in [5.74, 6) is -1.21. The predicted octanol–water partition coefficient (Wildman–Crippen LogP) is 1.30. The molecule has 0 radical (unpaired) electrons. The number of ether oxygens (including phenoxy) is 1. The smallest absolute Gasteiger partial charge is 0.328 e. The number of rotatable bonds is 3. The molecule has 1 saturated heterocycles. The molecule has 1 amide bonds. The normalized spacial score (nSPS) is 19.2. The van der Waals surface area contributed by atoms with Crippen molar-refractivity contribution in [3.05, 3.63) is 34.3 Å². The van der Waals surface area contributed by atoms with Crippen molar-refractivity contribution >= 4 is 27.8 Å². The summed E-state index contributed by atoms with van der Waals surface area (Å²) < 4.78 is 6.01. The zero-order valence-corrected chi connectivity index (χ0v) is 11.8. The molecule has 1 atom stereocenters. The van der Waals surface area contributed by atoms with E-state index >= 15 is 0 Å². The molecule has 0 spiro atoms. The summed E-state index contributed by atoms with van der Waals surface area (Å²) in [5.41, 5.74) is 0.856. The van der Waals surface area contributed by atoms with Crippen LogP contribution in [0.25, 0.3) is 0 Å². The van der Waals surface area contributed by atoms with Crippen molar-refractivity contribution < 1.29 is 19.4 Å². The lowest BCUT2D eigenvalue weighted by Crippen LogP contribution is -2.53. The molecule has 0 aromatic heterocycles. The highest BCUT2D eigenvalue weighted by Gasteiger charge is 2.32. The number of carboxylic acid groups (broad SMARTS) is 1. The van der Waals surface area contributed by atoms with Gasteiger partial charge in [0.15, 0.2) is 6.04 Å². The van der Waals surface area contributed by atoms with Crippen LogP contribution in [-0.4, -0.2) is 47.7 Å². The Kier molecular flexibility index (Phi) is 4.55. The summed E-state index contributed by atoms with van der Waals surface area (Å²) in [7, 11) is 0. The maximum Gasteiger partial charge on any atom is 0.328 e. The van der Waals surface area contributed by atoms with E-state index in [2.05, 4.69) is 15.9 Å². The molecule has 1 aliphatic heterocycles. The Morgan fingerprint density at radius 3 is 2.95 bits per heavy atom. The lowest BCUT2D eigenvalue weighted by Gasteiger charge is -2.32. The first kappa shape index (κ1) is 14.0. The van der Waals surface area contributed by atoms with Gasteiger partial charge in [0, 0.05) is 11.0 Å². The number of morpholine rings is 1. The second-order valence-electron chi connectivity index (χ2n) is 4.32. The van der Waals surface area contributed by atoms with Crippen molar-refractivity contribution in [2.24, 2.45) is 0 Å². The quantitative estimate of drug-likeness (QED) is 0.908. The third kappa shape index (κ3) is 3.54. The molecule has 0 saturated carbocycles. The van der Waals surface area contributed by atoms with Crippen molar-refractivity contribution in [3.63, 3.8) is 0 Å². The van der Waals surface area contributed by atoms with E-state index in [9.17, 15) is 9.59 Å². The van der Waals surface area contributed by atoms with Crippen molar-refractivity contribution in [1.29, 1.82) is 0 Å². The van der Waals surface area contributed by atoms with Crippen LogP contribution in [0.15, 0.2) is 28.7 Å². The number of carbonyl (C=O) groups is 2. The van der Waals surface area contributed by atoms with E-state index < -0.39 is 12.0 Å². The average Bonchev–Trinajstić information content (AvgIpc) is 2.38. The largest absolute Gasteiger partial charge is 0.480 e. The van der Waals surface area contributed by atoms with Gasteiger partial charge in [0.2, 0.25) is 5.91 Å². The van der Waals surface area contributed by atoms with Gasteiger partial charge >= 0.3 is 5.97 Å². The van der Waals surface area contributed by atoms with Crippen molar-refractivity contribution in [3.8, 4) is 0 Å². The molecule has 1 fully saturated rings. The van der Waals surface area contributed by atoms with Gasteiger partial charge in [-0.1, -0.05) is 28.1 Å². The summed E-state index contributed by atoms with van der Waals surface area (Å²) in [6.07, 6.45) is 0.198. The van der Waals surface area contributed by atoms with E-state index in [0.29, 0.717) is 13.2 Å². The second-order valence-corrected chi connectivity index (χ2v) is 5.24. The van der Waals surface area contributed by atoms with E-state index in [-0.39, 0.29) is 18.9 Å². The average molecular weight is 328 g/mol. The fourth-order valence-electron chi connectivity index (χ4n) is 2.03. The molecule has 5 nitrogen and oxygen atoms in total. The van der Waals surface area contributed by atoms with E-state index in [1.807, 2.05) is 24.3 Å². The van der Waals surface area contributed by atoms with Crippen LogP contribution in [0.2, 0.25) is 0 Å². The Bertz CT molecular complexity index is 491. The minimum Gasteiger partial charge on any atom is -0.480 e. The number of nitrogens with zero attached hydrogens (tertiary/aromatic N) is 1. The van der Waals surface area contributed by atoms with Crippen LogP contribution in [0.1, 0.15) is 5.56 Å². The molecule has 2 rings (SSSR count). The molecular weight excluding hydrogens is 314 g/mol. The van der Waals surface area contributed by atoms with Gasteiger partial charge in [-0.25, -0.2) is 4.79 Å². The van der Waals surface area contributed by atoms with Crippen molar-refractivity contribution in [1.82, 2.24) is 4.90 Å². The SMILES string of the molecule is O=C(O)C1COCCN1C(=O)Cc1cccc(Br)c1. The number of hydrogen-bond donors (Lipinski definition) is 1. The van der Waals surface area contributed by atoms with E-state index in [1.165, 1.54) is 4.90 Å². The van der Waals surface area contributed by atoms with Crippen molar-refractivity contribution in [2.75, 3.05) is 19.8 Å². The van der Waals surface area contributed by atoms with Gasteiger partial charge in [-0.2, -0.15) is 0 Å². The van der Waals surface area contributed by atoms with Crippen LogP contribution in [-0.2, 0) is 20.7 Å². The number of aliphatic carboxylic acids is 1. The Balaban J connectivity index is 2.07. The van der Waals surface area contributed by atoms with Gasteiger partial charge in [-0.15, -0.1) is 0 Å². The molecule has 1 unspecified atom stereocenters. The third-order valence-electron chi connectivity index (χ3n) is 2.98. The minimum absolute atomic E-state index is 0.0551. The first-order valence-electron chi connectivity index (χ1n) is 5.92. The molecule has 1 aromatic rings. The van der Waals surface area contributed by atoms with E-state index in [4.69, 9.17) is 9.84 Å². The van der Waals surface area contributed by atoms with Crippen LogP contribution >= 0.6 is 15.9 Å². The van der Waals surface area contributed by atoms with E-state index in [0.717, 1.165) is 10.0 Å². The first-order chi connectivity index (χ1) is 9.08. The van der Waals surface area contributed by atoms with Gasteiger partial charge in [0.25, 0.3) is 0 Å². The number of hydrogen-bond acceptors (Lipinski definition) is 3. The van der Waals surface area contributed by atoms with Crippen LogP contribution in [0.3, 0.4) is 0 Å². The number of benzene rings is 1. The van der Waals surface area contributed by atoms with Crippen LogP contribution < -0.4 is 0 Å². The van der Waals surface area contributed by atoms with Gasteiger partial charge in [-0.3, -0.25) is 4.79 Å². The number of carbonyl (C=O) groups excluding carboxylic acids is 1. The highest BCUT2D eigenvalue weighted by atomic mass is 79.9. The summed E-state index contributed by atoms with van der Waals surface area (Å²) in [5, 5.41) is 9.09. The Morgan fingerprint density at radius 1 is 1.47 bits per heavy atom. The highest BCUT2D eigenvalue weighted by Crippen LogP contribution is 2.15. The Labute approximate surface area is 119 Å². The Hall–Kier alpha value is -1.40. The molecule has 6 heteroatoms. The number of halogens is 1. The fraction of sp³-hybridized carbons (Fsp3) is 0.385. The molecule has 1 aromatic carbocycles. The molecule has 1 N–H and O–H groups in total. The zero-order chi connectivity index (χ0) is 13.8. The molecule has 19 heavy (non-hydrogen) atoms. The number of amides is 1. The van der Waals surface area contributed by atoms with Gasteiger partial charge in [0.05, 0.1) is 19.6 Å². The molecular formula is C13H14BrNO4. The van der Waals surface area contributed by atoms with Gasteiger partial charge in [0.1, 0.15) is 0 Å². The summed E-state index contributed by atoms with van der Waals surface area (Å²) in [6.45, 7) is 0.761. The lowest BCUT2D eigenvalue weighted by molar-refractivity contribution is -0.158. The summed E-state index contributed by atoms with van der Waals surface area (Å²) in [6, 6.07) is 6.55. The minimum atomic E-state index is -1.03. The van der Waals surface area contributed by atoms with Crippen LogP contribution in [0, 0.1) is 0 Å². The zero-order valence-electron chi connectivity index (χ0n) is 10.2. The Morgan fingerprint density at radius 2 is 2.26 bits per heavy atom. The van der Waals surface area contributed by atoms with Crippen molar-refractivity contribution in [2.45, 2.75) is 12.5 Å². The topological polar surface area (TPSA) is 66.8 Å². The molecule has 0 bridgehead atoms. The molecule has 102 valence electrons. The monoisotopic (exact) mass is 327 g/mol. The lowest BCUT2D eigenvalue weighted by atomic mass is 10.1. The number of carboxylic acids is 1.